The number of rotatable bonds is 0. The molecule has 0 aliphatic heterocycles. The maximum atomic E-state index is 5.84. The van der Waals surface area contributed by atoms with Crippen molar-refractivity contribution in [2.75, 3.05) is 0 Å². The van der Waals surface area contributed by atoms with Gasteiger partial charge in [0.25, 0.3) is 0 Å². The molecule has 2 aromatic heterocycles. The Hall–Kier alpha value is -0.940. The number of aryl methyl sites for hydroxylation is 1. The van der Waals surface area contributed by atoms with Crippen LogP contribution in [0, 0.1) is 11.7 Å². The Morgan fingerprint density at radius 3 is 2.83 bits per heavy atom. The third kappa shape index (κ3) is 1.11. The van der Waals surface area contributed by atoms with Crippen LogP contribution in [0.15, 0.2) is 0 Å². The molecule has 62 valence electrons. The van der Waals surface area contributed by atoms with Crippen molar-refractivity contribution in [3.63, 3.8) is 0 Å². The summed E-state index contributed by atoms with van der Waals surface area (Å²) in [4.78, 5) is 13.8. The first-order chi connectivity index (χ1) is 5.66. The molecule has 4 nitrogen and oxygen atoms in total. The minimum Gasteiger partial charge on any atom is -0.338 e. The van der Waals surface area contributed by atoms with Crippen LogP contribution in [-0.2, 0) is 0 Å². The molecule has 0 unspecified atom stereocenters. The number of H-pyrrole nitrogens is 2. The Kier molecular flexibility index (Phi) is 1.62. The van der Waals surface area contributed by atoms with E-state index in [1.54, 1.807) is 0 Å². The number of fused-ring (bicyclic) bond motifs is 1. The van der Waals surface area contributed by atoms with E-state index in [2.05, 4.69) is 19.9 Å². The first-order valence-electron chi connectivity index (χ1n) is 3.29. The standard InChI is InChI=1S/C6H5ClN4S/c1-2-8-3-4(7)10-6(12)11-5(3)9-2/h1H3,(H2,8,9,10,11,12). The molecule has 2 rings (SSSR count). The van der Waals surface area contributed by atoms with E-state index in [1.165, 1.54) is 0 Å². The van der Waals surface area contributed by atoms with E-state index >= 15 is 0 Å². The van der Waals surface area contributed by atoms with Gasteiger partial charge in [-0.15, -0.1) is 0 Å². The molecule has 12 heavy (non-hydrogen) atoms. The van der Waals surface area contributed by atoms with Gasteiger partial charge in [0, 0.05) is 0 Å². The van der Waals surface area contributed by atoms with Crippen LogP contribution >= 0.6 is 23.8 Å². The molecule has 0 saturated carbocycles. The summed E-state index contributed by atoms with van der Waals surface area (Å²) in [7, 11) is 0. The van der Waals surface area contributed by atoms with Crippen LogP contribution in [0.4, 0.5) is 0 Å². The summed E-state index contributed by atoms with van der Waals surface area (Å²) in [6.45, 7) is 1.83. The topological polar surface area (TPSA) is 57.4 Å². The summed E-state index contributed by atoms with van der Waals surface area (Å²) >= 11 is 10.7. The van der Waals surface area contributed by atoms with Crippen molar-refractivity contribution in [3.8, 4) is 0 Å². The van der Waals surface area contributed by atoms with E-state index in [9.17, 15) is 0 Å². The number of nitrogens with zero attached hydrogens (tertiary/aromatic N) is 2. The maximum Gasteiger partial charge on any atom is 0.200 e. The van der Waals surface area contributed by atoms with Crippen LogP contribution in [0.25, 0.3) is 11.2 Å². The van der Waals surface area contributed by atoms with Crippen molar-refractivity contribution in [1.82, 2.24) is 19.9 Å². The zero-order chi connectivity index (χ0) is 8.72. The van der Waals surface area contributed by atoms with Crippen LogP contribution in [0.1, 0.15) is 5.82 Å². The molecular weight excluding hydrogens is 196 g/mol. The van der Waals surface area contributed by atoms with E-state index < -0.39 is 0 Å². The largest absolute Gasteiger partial charge is 0.338 e. The summed E-state index contributed by atoms with van der Waals surface area (Å²) in [5.74, 6) is 0.772. The van der Waals surface area contributed by atoms with Crippen molar-refractivity contribution in [2.24, 2.45) is 0 Å². The van der Waals surface area contributed by atoms with Crippen LogP contribution in [0.3, 0.4) is 0 Å². The number of aromatic amines is 2. The van der Waals surface area contributed by atoms with Gasteiger partial charge in [0.15, 0.2) is 10.4 Å². The molecule has 0 amide bonds. The van der Waals surface area contributed by atoms with Gasteiger partial charge in [0.2, 0.25) is 0 Å². The normalized spacial score (nSPS) is 10.8. The molecule has 0 radical (unpaired) electrons. The zero-order valence-electron chi connectivity index (χ0n) is 6.18. The highest BCUT2D eigenvalue weighted by Crippen LogP contribution is 2.16. The minimum absolute atomic E-state index is 0.346. The van der Waals surface area contributed by atoms with E-state index in [-0.39, 0.29) is 0 Å². The van der Waals surface area contributed by atoms with Gasteiger partial charge in [-0.05, 0) is 19.1 Å². The van der Waals surface area contributed by atoms with E-state index in [0.717, 1.165) is 5.82 Å². The van der Waals surface area contributed by atoms with Gasteiger partial charge in [-0.25, -0.2) is 4.98 Å². The molecule has 0 aliphatic rings. The molecular formula is C6H5ClN4S. The lowest BCUT2D eigenvalue weighted by Crippen LogP contribution is -1.84. The van der Waals surface area contributed by atoms with Gasteiger partial charge in [-0.2, -0.15) is 4.98 Å². The molecule has 0 aliphatic carbocycles. The fourth-order valence-corrected chi connectivity index (χ4v) is 1.46. The van der Waals surface area contributed by atoms with E-state index in [1.807, 2.05) is 6.92 Å². The van der Waals surface area contributed by atoms with Crippen LogP contribution in [-0.4, -0.2) is 19.9 Å². The Labute approximate surface area is 78.0 Å². The van der Waals surface area contributed by atoms with Crippen molar-refractivity contribution in [1.29, 1.82) is 0 Å². The number of halogens is 1. The Balaban J connectivity index is 2.97. The third-order valence-electron chi connectivity index (χ3n) is 1.45. The second-order valence-electron chi connectivity index (χ2n) is 2.38. The molecule has 0 fully saturated rings. The minimum atomic E-state index is 0.346. The number of aromatic nitrogens is 4. The van der Waals surface area contributed by atoms with E-state index in [4.69, 9.17) is 23.8 Å². The van der Waals surface area contributed by atoms with E-state index in [0.29, 0.717) is 21.1 Å². The summed E-state index contributed by atoms with van der Waals surface area (Å²) in [6, 6.07) is 0. The van der Waals surface area contributed by atoms with Crippen molar-refractivity contribution in [2.45, 2.75) is 6.92 Å². The van der Waals surface area contributed by atoms with Crippen LogP contribution < -0.4 is 0 Å². The monoisotopic (exact) mass is 200 g/mol. The fraction of sp³-hybridized carbons (Fsp3) is 0.167. The first kappa shape index (κ1) is 7.70. The molecule has 2 heterocycles. The molecule has 0 spiro atoms. The van der Waals surface area contributed by atoms with Gasteiger partial charge in [0.05, 0.1) is 0 Å². The van der Waals surface area contributed by atoms with Crippen molar-refractivity contribution < 1.29 is 0 Å². The molecule has 0 atom stereocenters. The molecule has 6 heteroatoms. The first-order valence-corrected chi connectivity index (χ1v) is 4.07. The van der Waals surface area contributed by atoms with Crippen LogP contribution in [0.5, 0.6) is 0 Å². The summed E-state index contributed by atoms with van der Waals surface area (Å²) < 4.78 is 0.346. The van der Waals surface area contributed by atoms with Crippen molar-refractivity contribution >= 4 is 35.0 Å². The summed E-state index contributed by atoms with van der Waals surface area (Å²) in [6.07, 6.45) is 0. The van der Waals surface area contributed by atoms with Gasteiger partial charge in [-0.1, -0.05) is 11.6 Å². The molecule has 2 N–H and O–H groups in total. The quantitative estimate of drug-likeness (QED) is 0.505. The smallest absolute Gasteiger partial charge is 0.200 e. The Morgan fingerprint density at radius 2 is 2.08 bits per heavy atom. The fourth-order valence-electron chi connectivity index (χ4n) is 0.994. The van der Waals surface area contributed by atoms with Gasteiger partial charge < -0.3 is 9.97 Å². The Morgan fingerprint density at radius 1 is 1.33 bits per heavy atom. The van der Waals surface area contributed by atoms with Crippen LogP contribution in [0.2, 0.25) is 5.15 Å². The zero-order valence-corrected chi connectivity index (χ0v) is 7.75. The number of hydrogen-bond acceptors (Lipinski definition) is 3. The lowest BCUT2D eigenvalue weighted by Gasteiger charge is -1.90. The number of hydrogen-bond donors (Lipinski definition) is 2. The second kappa shape index (κ2) is 2.53. The maximum absolute atomic E-state index is 5.84. The van der Waals surface area contributed by atoms with Crippen molar-refractivity contribution in [3.05, 3.63) is 15.7 Å². The highest BCUT2D eigenvalue weighted by molar-refractivity contribution is 7.71. The number of imidazole rings is 1. The summed E-state index contributed by atoms with van der Waals surface area (Å²) in [5, 5.41) is 0.450. The summed E-state index contributed by atoms with van der Waals surface area (Å²) in [5.41, 5.74) is 1.25. The van der Waals surface area contributed by atoms with Gasteiger partial charge in [0.1, 0.15) is 16.5 Å². The average Bonchev–Trinajstić information content (AvgIpc) is 2.29. The average molecular weight is 201 g/mol. The molecule has 0 aromatic carbocycles. The SMILES string of the molecule is Cc1nc2nc(=S)[nH]c(Cl)c2[nH]1. The number of nitrogens with one attached hydrogen (secondary N) is 2. The highest BCUT2D eigenvalue weighted by Gasteiger charge is 2.04. The highest BCUT2D eigenvalue weighted by atomic mass is 35.5. The molecule has 0 bridgehead atoms. The lowest BCUT2D eigenvalue weighted by atomic mass is 10.6. The van der Waals surface area contributed by atoms with Gasteiger partial charge in [-0.3, -0.25) is 0 Å². The predicted molar refractivity (Wildman–Crippen MR) is 48.8 cm³/mol. The predicted octanol–water partition coefficient (Wildman–Crippen LogP) is 1.98. The van der Waals surface area contributed by atoms with Gasteiger partial charge >= 0.3 is 0 Å². The Bertz CT molecular complexity index is 486. The third-order valence-corrected chi connectivity index (χ3v) is 1.92. The lowest BCUT2D eigenvalue weighted by molar-refractivity contribution is 1.15. The molecule has 0 saturated heterocycles. The second-order valence-corrected chi connectivity index (χ2v) is 3.14. The molecule has 2 aromatic rings.